The van der Waals surface area contributed by atoms with Crippen molar-refractivity contribution in [3.8, 4) is 5.75 Å². The molecule has 0 aliphatic rings. The lowest BCUT2D eigenvalue weighted by Crippen LogP contribution is -2.32. The van der Waals surface area contributed by atoms with E-state index in [2.05, 4.69) is 15.8 Å². The molecule has 0 aliphatic carbocycles. The van der Waals surface area contributed by atoms with Crippen molar-refractivity contribution in [3.63, 3.8) is 0 Å². The van der Waals surface area contributed by atoms with Gasteiger partial charge in [-0.1, -0.05) is 23.7 Å². The lowest BCUT2D eigenvalue weighted by atomic mass is 10.1. The van der Waals surface area contributed by atoms with Gasteiger partial charge in [0.05, 0.1) is 11.2 Å². The molecule has 3 aromatic carbocycles. The number of halogens is 2. The highest BCUT2D eigenvalue weighted by atomic mass is 35.5. The van der Waals surface area contributed by atoms with Gasteiger partial charge >= 0.3 is 11.8 Å². The standard InChI is InChI=1S/C24H21ClFN3O3/c1-15-10-16(2)12-18(11-15)28-23(30)24(31)29-27-13-17-6-8-19(9-7-17)32-14-20-21(25)4-3-5-22(20)26/h3-13H,14H2,1-2H3,(H,28,30)(H,29,31)/b27-13+. The Kier molecular flexibility index (Phi) is 7.57. The number of amides is 2. The third kappa shape index (κ3) is 6.39. The summed E-state index contributed by atoms with van der Waals surface area (Å²) in [6.07, 6.45) is 1.39. The molecule has 2 N–H and O–H groups in total. The number of carbonyl (C=O) groups is 2. The van der Waals surface area contributed by atoms with Crippen molar-refractivity contribution in [2.24, 2.45) is 5.10 Å². The molecule has 164 valence electrons. The van der Waals surface area contributed by atoms with E-state index < -0.39 is 17.6 Å². The fourth-order valence-corrected chi connectivity index (χ4v) is 3.14. The van der Waals surface area contributed by atoms with Crippen molar-refractivity contribution in [2.75, 3.05) is 5.32 Å². The SMILES string of the molecule is Cc1cc(C)cc(NC(=O)C(=O)N/N=C/c2ccc(OCc3c(F)cccc3Cl)cc2)c1. The summed E-state index contributed by atoms with van der Waals surface area (Å²) in [7, 11) is 0. The molecule has 0 heterocycles. The van der Waals surface area contributed by atoms with Crippen molar-refractivity contribution < 1.29 is 18.7 Å². The Morgan fingerprint density at radius 2 is 1.72 bits per heavy atom. The molecule has 0 aromatic heterocycles. The minimum atomic E-state index is -0.887. The number of anilines is 1. The van der Waals surface area contributed by atoms with Gasteiger partial charge in [0.2, 0.25) is 0 Å². The van der Waals surface area contributed by atoms with Gasteiger partial charge in [0.15, 0.2) is 0 Å². The smallest absolute Gasteiger partial charge is 0.329 e. The average molecular weight is 454 g/mol. The van der Waals surface area contributed by atoms with Crippen molar-refractivity contribution in [2.45, 2.75) is 20.5 Å². The Labute approximate surface area is 190 Å². The van der Waals surface area contributed by atoms with Crippen molar-refractivity contribution in [1.82, 2.24) is 5.43 Å². The van der Waals surface area contributed by atoms with E-state index in [1.165, 1.54) is 18.3 Å². The second-order valence-electron chi connectivity index (χ2n) is 7.09. The molecule has 0 unspecified atom stereocenters. The maximum atomic E-state index is 13.8. The summed E-state index contributed by atoms with van der Waals surface area (Å²) < 4.78 is 19.4. The predicted molar refractivity (Wildman–Crippen MR) is 122 cm³/mol. The molecule has 8 heteroatoms. The topological polar surface area (TPSA) is 79.8 Å². The Morgan fingerprint density at radius 1 is 1.03 bits per heavy atom. The van der Waals surface area contributed by atoms with E-state index in [0.717, 1.165) is 11.1 Å². The number of nitrogens with zero attached hydrogens (tertiary/aromatic N) is 1. The van der Waals surface area contributed by atoms with Crippen LogP contribution in [0.2, 0.25) is 5.02 Å². The first-order valence-corrected chi connectivity index (χ1v) is 10.1. The molecular formula is C24H21ClFN3O3. The first-order chi connectivity index (χ1) is 15.3. The first-order valence-electron chi connectivity index (χ1n) is 9.70. The van der Waals surface area contributed by atoms with Crippen molar-refractivity contribution >= 4 is 35.3 Å². The highest BCUT2D eigenvalue weighted by molar-refractivity contribution is 6.39. The number of ether oxygens (including phenoxy) is 1. The first kappa shape index (κ1) is 23.0. The second kappa shape index (κ2) is 10.5. The molecule has 0 aliphatic heterocycles. The lowest BCUT2D eigenvalue weighted by molar-refractivity contribution is -0.136. The number of hydrogen-bond acceptors (Lipinski definition) is 4. The van der Waals surface area contributed by atoms with Gasteiger partial charge in [-0.3, -0.25) is 9.59 Å². The summed E-state index contributed by atoms with van der Waals surface area (Å²) in [6.45, 7) is 3.79. The van der Waals surface area contributed by atoms with Crippen LogP contribution in [0.3, 0.4) is 0 Å². The zero-order valence-corrected chi connectivity index (χ0v) is 18.2. The predicted octanol–water partition coefficient (Wildman–Crippen LogP) is 4.76. The third-order valence-electron chi connectivity index (χ3n) is 4.39. The fraction of sp³-hybridized carbons (Fsp3) is 0.125. The van der Waals surface area contributed by atoms with Gasteiger partial charge in [0.1, 0.15) is 18.2 Å². The van der Waals surface area contributed by atoms with Crippen LogP contribution in [0.5, 0.6) is 5.75 Å². The summed E-state index contributed by atoms with van der Waals surface area (Å²) >= 11 is 5.98. The highest BCUT2D eigenvalue weighted by Gasteiger charge is 2.13. The number of carbonyl (C=O) groups excluding carboxylic acids is 2. The van der Waals surface area contributed by atoms with Gasteiger partial charge in [-0.25, -0.2) is 9.82 Å². The number of aryl methyl sites for hydroxylation is 2. The van der Waals surface area contributed by atoms with Crippen molar-refractivity contribution in [3.05, 3.63) is 93.8 Å². The van der Waals surface area contributed by atoms with Gasteiger partial charge in [0.25, 0.3) is 0 Å². The molecule has 0 spiro atoms. The molecular weight excluding hydrogens is 433 g/mol. The number of rotatable bonds is 6. The third-order valence-corrected chi connectivity index (χ3v) is 4.74. The molecule has 6 nitrogen and oxygen atoms in total. The summed E-state index contributed by atoms with van der Waals surface area (Å²) in [4.78, 5) is 23.9. The maximum absolute atomic E-state index is 13.8. The number of nitrogens with one attached hydrogen (secondary N) is 2. The van der Waals surface area contributed by atoms with E-state index in [4.69, 9.17) is 16.3 Å². The second-order valence-corrected chi connectivity index (χ2v) is 7.49. The average Bonchev–Trinajstić information content (AvgIpc) is 2.73. The zero-order chi connectivity index (χ0) is 23.1. The Hall–Kier alpha value is -3.71. The van der Waals surface area contributed by atoms with Gasteiger partial charge in [0, 0.05) is 11.3 Å². The number of benzene rings is 3. The van der Waals surface area contributed by atoms with Crippen LogP contribution < -0.4 is 15.5 Å². The van der Waals surface area contributed by atoms with Gasteiger partial charge in [-0.05, 0) is 79.1 Å². The molecule has 3 aromatic rings. The Bertz CT molecular complexity index is 1120. The van der Waals surface area contributed by atoms with Gasteiger partial charge < -0.3 is 10.1 Å². The van der Waals surface area contributed by atoms with Crippen LogP contribution in [-0.4, -0.2) is 18.0 Å². The van der Waals surface area contributed by atoms with Crippen LogP contribution in [0.4, 0.5) is 10.1 Å². The van der Waals surface area contributed by atoms with Crippen LogP contribution in [0, 0.1) is 19.7 Å². The molecule has 0 fully saturated rings. The Balaban J connectivity index is 1.51. The van der Waals surface area contributed by atoms with E-state index in [9.17, 15) is 14.0 Å². The van der Waals surface area contributed by atoms with E-state index in [0.29, 0.717) is 22.0 Å². The fourth-order valence-electron chi connectivity index (χ4n) is 2.93. The van der Waals surface area contributed by atoms with Crippen molar-refractivity contribution in [1.29, 1.82) is 0 Å². The minimum Gasteiger partial charge on any atom is -0.489 e. The highest BCUT2D eigenvalue weighted by Crippen LogP contribution is 2.21. The molecule has 0 radical (unpaired) electrons. The molecule has 3 rings (SSSR count). The molecule has 2 amide bonds. The van der Waals surface area contributed by atoms with E-state index >= 15 is 0 Å². The molecule has 0 saturated carbocycles. The summed E-state index contributed by atoms with van der Waals surface area (Å²) in [5.41, 5.74) is 5.62. The molecule has 0 atom stereocenters. The van der Waals surface area contributed by atoms with Crippen LogP contribution >= 0.6 is 11.6 Å². The number of hydrogen-bond donors (Lipinski definition) is 2. The maximum Gasteiger partial charge on any atom is 0.329 e. The van der Waals surface area contributed by atoms with E-state index in [1.807, 2.05) is 19.9 Å². The largest absolute Gasteiger partial charge is 0.489 e. The van der Waals surface area contributed by atoms with Gasteiger partial charge in [-0.15, -0.1) is 0 Å². The molecule has 32 heavy (non-hydrogen) atoms. The summed E-state index contributed by atoms with van der Waals surface area (Å²) in [5, 5.41) is 6.63. The van der Waals surface area contributed by atoms with Crippen LogP contribution in [-0.2, 0) is 16.2 Å². The molecule has 0 bridgehead atoms. The normalized spacial score (nSPS) is 10.8. The molecule has 0 saturated heterocycles. The minimum absolute atomic E-state index is 0.00935. The van der Waals surface area contributed by atoms with E-state index in [-0.39, 0.29) is 12.2 Å². The monoisotopic (exact) mass is 453 g/mol. The number of hydrazone groups is 1. The van der Waals surface area contributed by atoms with Crippen LogP contribution in [0.1, 0.15) is 22.3 Å². The zero-order valence-electron chi connectivity index (χ0n) is 17.5. The quantitative estimate of drug-likeness (QED) is 0.321. The van der Waals surface area contributed by atoms with Gasteiger partial charge in [-0.2, -0.15) is 5.10 Å². The lowest BCUT2D eigenvalue weighted by Gasteiger charge is -2.09. The van der Waals surface area contributed by atoms with E-state index in [1.54, 1.807) is 42.5 Å². The Morgan fingerprint density at radius 3 is 2.38 bits per heavy atom. The van der Waals surface area contributed by atoms with Crippen LogP contribution in [0.25, 0.3) is 0 Å². The summed E-state index contributed by atoms with van der Waals surface area (Å²) in [6, 6.07) is 16.7. The summed E-state index contributed by atoms with van der Waals surface area (Å²) in [5.74, 6) is -1.62. The van der Waals surface area contributed by atoms with Crippen LogP contribution in [0.15, 0.2) is 65.8 Å².